The molecule has 0 aliphatic heterocycles. The molecule has 2 aromatic heterocycles. The number of thiazole rings is 1. The van der Waals surface area contributed by atoms with Gasteiger partial charge in [0.1, 0.15) is 16.0 Å². The van der Waals surface area contributed by atoms with Crippen molar-refractivity contribution in [1.29, 1.82) is 0 Å². The van der Waals surface area contributed by atoms with E-state index < -0.39 is 12.6 Å². The van der Waals surface area contributed by atoms with Gasteiger partial charge in [-0.25, -0.2) is 9.97 Å². The summed E-state index contributed by atoms with van der Waals surface area (Å²) < 4.78 is 38.5. The van der Waals surface area contributed by atoms with E-state index in [2.05, 4.69) is 25.6 Å². The lowest BCUT2D eigenvalue weighted by molar-refractivity contribution is -0.131. The van der Waals surface area contributed by atoms with Crippen molar-refractivity contribution in [2.75, 3.05) is 23.8 Å². The third kappa shape index (κ3) is 5.36. The average Bonchev–Trinajstić information content (AvgIpc) is 3.33. The van der Waals surface area contributed by atoms with Crippen LogP contribution in [0.5, 0.6) is 0 Å². The van der Waals surface area contributed by atoms with E-state index in [1.54, 1.807) is 0 Å². The number of fused-ring (bicyclic) bond motifs is 1. The highest BCUT2D eigenvalue weighted by atomic mass is 35.5. The predicted octanol–water partition coefficient (Wildman–Crippen LogP) is 5.34. The van der Waals surface area contributed by atoms with Crippen LogP contribution in [0.4, 0.5) is 24.9 Å². The number of hydrogen-bond donors (Lipinski definition) is 3. The van der Waals surface area contributed by atoms with Crippen LogP contribution in [0.2, 0.25) is 5.15 Å². The molecule has 2 heterocycles. The molecule has 1 aliphatic rings. The molecule has 0 spiro atoms. The number of aliphatic hydroxyl groups is 1. The zero-order valence-electron chi connectivity index (χ0n) is 16.4. The van der Waals surface area contributed by atoms with E-state index in [0.29, 0.717) is 16.4 Å². The van der Waals surface area contributed by atoms with Crippen LogP contribution in [0, 0.1) is 5.92 Å². The number of para-hydroxylation sites is 1. The number of aliphatic hydroxyl groups excluding tert-OH is 1. The van der Waals surface area contributed by atoms with Crippen LogP contribution in [-0.4, -0.2) is 45.4 Å². The van der Waals surface area contributed by atoms with Gasteiger partial charge in [0.25, 0.3) is 0 Å². The fraction of sp³-hybridized carbons (Fsp3) is 0.450. The van der Waals surface area contributed by atoms with Crippen LogP contribution in [0.1, 0.15) is 25.7 Å². The summed E-state index contributed by atoms with van der Waals surface area (Å²) in [6.45, 7) is -0.229. The van der Waals surface area contributed by atoms with Crippen LogP contribution in [-0.2, 0) is 0 Å². The van der Waals surface area contributed by atoms with Gasteiger partial charge in [-0.3, -0.25) is 0 Å². The lowest BCUT2D eigenvalue weighted by atomic mass is 10.1. The summed E-state index contributed by atoms with van der Waals surface area (Å²) in [5.74, 6) is 0.667. The lowest BCUT2D eigenvalue weighted by Gasteiger charge is -2.18. The molecule has 6 nitrogen and oxygen atoms in total. The van der Waals surface area contributed by atoms with E-state index in [-0.39, 0.29) is 36.2 Å². The van der Waals surface area contributed by atoms with E-state index in [4.69, 9.17) is 11.6 Å². The first-order valence-electron chi connectivity index (χ1n) is 9.94. The number of nitrogens with zero attached hydrogens (tertiary/aromatic N) is 3. The van der Waals surface area contributed by atoms with Crippen molar-refractivity contribution in [2.45, 2.75) is 37.9 Å². The molecule has 0 amide bonds. The maximum Gasteiger partial charge on any atom is 0.390 e. The number of hydrogen-bond acceptors (Lipinski definition) is 7. The van der Waals surface area contributed by atoms with Gasteiger partial charge in [-0.05, 0) is 37.3 Å². The zero-order valence-corrected chi connectivity index (χ0v) is 18.0. The van der Waals surface area contributed by atoms with E-state index in [9.17, 15) is 18.3 Å². The Balaban J connectivity index is 1.66. The van der Waals surface area contributed by atoms with Crippen LogP contribution in [0.15, 0.2) is 24.3 Å². The average molecular weight is 472 g/mol. The Bertz CT molecular complexity index is 1030. The molecule has 0 radical (unpaired) electrons. The summed E-state index contributed by atoms with van der Waals surface area (Å²) in [6.07, 6.45) is -2.77. The van der Waals surface area contributed by atoms with Gasteiger partial charge in [-0.1, -0.05) is 23.7 Å². The number of aromatic nitrogens is 3. The number of benzene rings is 1. The van der Waals surface area contributed by atoms with Gasteiger partial charge in [0.15, 0.2) is 0 Å². The summed E-state index contributed by atoms with van der Waals surface area (Å²) in [4.78, 5) is 13.2. The molecule has 31 heavy (non-hydrogen) atoms. The van der Waals surface area contributed by atoms with E-state index in [0.717, 1.165) is 29.5 Å². The Kier molecular flexibility index (Phi) is 6.49. The second-order valence-corrected chi connectivity index (χ2v) is 8.93. The van der Waals surface area contributed by atoms with Gasteiger partial charge < -0.3 is 15.7 Å². The Labute approximate surface area is 185 Å². The minimum atomic E-state index is -4.28. The highest BCUT2D eigenvalue weighted by Crippen LogP contribution is 2.39. The lowest BCUT2D eigenvalue weighted by Crippen LogP contribution is -2.20. The molecule has 1 fully saturated rings. The molecule has 3 aromatic rings. The molecule has 166 valence electrons. The summed E-state index contributed by atoms with van der Waals surface area (Å²) in [5.41, 5.74) is 1.34. The first kappa shape index (κ1) is 22.0. The smallest absolute Gasteiger partial charge is 0.390 e. The molecule has 1 saturated carbocycles. The van der Waals surface area contributed by atoms with Crippen molar-refractivity contribution in [3.8, 4) is 10.6 Å². The van der Waals surface area contributed by atoms with Gasteiger partial charge in [0.2, 0.25) is 5.95 Å². The van der Waals surface area contributed by atoms with Gasteiger partial charge in [-0.2, -0.15) is 18.2 Å². The molecular weight excluding hydrogens is 451 g/mol. The first-order valence-corrected chi connectivity index (χ1v) is 11.1. The minimum Gasteiger partial charge on any atom is -0.396 e. The topological polar surface area (TPSA) is 83.0 Å². The predicted molar refractivity (Wildman–Crippen MR) is 117 cm³/mol. The monoisotopic (exact) mass is 471 g/mol. The maximum absolute atomic E-state index is 12.5. The number of nitrogens with one attached hydrogen (secondary N) is 2. The summed E-state index contributed by atoms with van der Waals surface area (Å²) in [6, 6.07) is 7.73. The fourth-order valence-electron chi connectivity index (χ4n) is 3.67. The molecule has 0 unspecified atom stereocenters. The van der Waals surface area contributed by atoms with Crippen molar-refractivity contribution < 1.29 is 18.3 Å². The standard InChI is InChI=1S/C20H21ClF3N5OS/c21-16-15(18-27-13-3-1-2-4-14(13)31-18)17(26-12-6-5-11(9-12)10-30)29-19(28-16)25-8-7-20(22,23)24/h1-4,11-12,30H,5-10H2,(H2,25,26,28,29)/t11-,12+/m1/s1. The summed E-state index contributed by atoms with van der Waals surface area (Å²) in [5, 5.41) is 16.1. The Morgan fingerprint density at radius 1 is 1.16 bits per heavy atom. The van der Waals surface area contributed by atoms with Crippen molar-refractivity contribution in [1.82, 2.24) is 15.0 Å². The Morgan fingerprint density at radius 2 is 1.97 bits per heavy atom. The van der Waals surface area contributed by atoms with E-state index in [1.807, 2.05) is 24.3 Å². The first-order chi connectivity index (χ1) is 14.8. The Hall–Kier alpha value is -2.17. The highest BCUT2D eigenvalue weighted by Gasteiger charge is 2.28. The van der Waals surface area contributed by atoms with Gasteiger partial charge in [0.05, 0.1) is 22.2 Å². The van der Waals surface area contributed by atoms with Crippen molar-refractivity contribution in [2.24, 2.45) is 5.92 Å². The molecule has 4 rings (SSSR count). The second kappa shape index (κ2) is 9.13. The molecular formula is C20H21ClF3N5OS. The number of rotatable bonds is 7. The summed E-state index contributed by atoms with van der Waals surface area (Å²) in [7, 11) is 0. The van der Waals surface area contributed by atoms with Gasteiger partial charge in [-0.15, -0.1) is 11.3 Å². The van der Waals surface area contributed by atoms with Crippen molar-refractivity contribution >= 4 is 44.9 Å². The zero-order chi connectivity index (χ0) is 22.0. The maximum atomic E-state index is 12.5. The molecule has 0 saturated heterocycles. The molecule has 3 N–H and O–H groups in total. The fourth-order valence-corrected chi connectivity index (χ4v) is 4.99. The quantitative estimate of drug-likeness (QED) is 0.403. The van der Waals surface area contributed by atoms with Crippen LogP contribution in [0.25, 0.3) is 20.8 Å². The van der Waals surface area contributed by atoms with E-state index >= 15 is 0 Å². The third-order valence-corrected chi connectivity index (χ3v) is 6.53. The normalized spacial score (nSPS) is 19.1. The summed E-state index contributed by atoms with van der Waals surface area (Å²) >= 11 is 7.92. The van der Waals surface area contributed by atoms with Crippen molar-refractivity contribution in [3.63, 3.8) is 0 Å². The van der Waals surface area contributed by atoms with E-state index in [1.165, 1.54) is 11.3 Å². The van der Waals surface area contributed by atoms with Gasteiger partial charge in [0, 0.05) is 19.2 Å². The van der Waals surface area contributed by atoms with Crippen LogP contribution < -0.4 is 10.6 Å². The molecule has 0 bridgehead atoms. The molecule has 11 heteroatoms. The highest BCUT2D eigenvalue weighted by molar-refractivity contribution is 7.21. The number of halogens is 4. The van der Waals surface area contributed by atoms with Gasteiger partial charge >= 0.3 is 6.18 Å². The molecule has 2 atom stereocenters. The van der Waals surface area contributed by atoms with Crippen LogP contribution in [0.3, 0.4) is 0 Å². The van der Waals surface area contributed by atoms with Crippen molar-refractivity contribution in [3.05, 3.63) is 29.4 Å². The van der Waals surface area contributed by atoms with Crippen LogP contribution >= 0.6 is 22.9 Å². The third-order valence-electron chi connectivity index (χ3n) is 5.20. The molecule has 1 aliphatic carbocycles. The molecule has 1 aromatic carbocycles. The SMILES string of the molecule is OC[C@@H]1CC[C@H](Nc2nc(NCCC(F)(F)F)nc(Cl)c2-c2nc3ccccc3s2)C1. The second-order valence-electron chi connectivity index (χ2n) is 7.54. The number of anilines is 2. The minimum absolute atomic E-state index is 0.0262. The Morgan fingerprint density at radius 3 is 2.68 bits per heavy atom. The number of alkyl halides is 3. The largest absolute Gasteiger partial charge is 0.396 e.